The molecule has 0 unspecified atom stereocenters. The van der Waals surface area contributed by atoms with Crippen LogP contribution < -0.4 is 9.47 Å². The van der Waals surface area contributed by atoms with Crippen LogP contribution in [0.25, 0.3) is 0 Å². The van der Waals surface area contributed by atoms with Crippen molar-refractivity contribution in [3.8, 4) is 11.5 Å². The highest BCUT2D eigenvalue weighted by atomic mass is 79.9. The summed E-state index contributed by atoms with van der Waals surface area (Å²) in [6.45, 7) is -2.92. The molecule has 1 aromatic rings. The summed E-state index contributed by atoms with van der Waals surface area (Å²) in [5.74, 6) is 0.0479. The number of nitrogens with zero attached hydrogens (tertiary/aromatic N) is 1. The smallest absolute Gasteiger partial charge is 0.387 e. The van der Waals surface area contributed by atoms with Gasteiger partial charge >= 0.3 is 6.61 Å². The zero-order chi connectivity index (χ0) is 10.7. The lowest BCUT2D eigenvalue weighted by molar-refractivity contribution is -0.0507. The number of aromatic nitrogens is 1. The summed E-state index contributed by atoms with van der Waals surface area (Å²) in [7, 11) is 1.35. The van der Waals surface area contributed by atoms with Gasteiger partial charge in [0.25, 0.3) is 0 Å². The Bertz CT molecular complexity index is 338. The summed E-state index contributed by atoms with van der Waals surface area (Å²) in [5.41, 5.74) is 0. The molecular formula is C7H5BrClF2NO2. The van der Waals surface area contributed by atoms with Gasteiger partial charge in [0.15, 0.2) is 16.7 Å². The molecule has 0 N–H and O–H groups in total. The Kier molecular flexibility index (Phi) is 3.88. The Labute approximate surface area is 92.1 Å². The Balaban J connectivity index is 3.04. The molecule has 0 saturated carbocycles. The first-order valence-corrected chi connectivity index (χ1v) is 4.56. The molecule has 1 heterocycles. The van der Waals surface area contributed by atoms with E-state index in [1.807, 2.05) is 0 Å². The lowest BCUT2D eigenvalue weighted by Gasteiger charge is -2.08. The fourth-order valence-corrected chi connectivity index (χ4v) is 1.46. The van der Waals surface area contributed by atoms with Crippen molar-refractivity contribution >= 4 is 27.5 Å². The molecule has 0 fully saturated rings. The molecule has 0 aliphatic carbocycles. The number of hydrogen-bond donors (Lipinski definition) is 0. The van der Waals surface area contributed by atoms with Crippen molar-refractivity contribution < 1.29 is 18.3 Å². The molecule has 0 amide bonds. The van der Waals surface area contributed by atoms with Crippen LogP contribution in [0.5, 0.6) is 11.5 Å². The van der Waals surface area contributed by atoms with E-state index < -0.39 is 6.61 Å². The molecule has 0 bridgehead atoms. The summed E-state index contributed by atoms with van der Waals surface area (Å²) in [6, 6.07) is 1.23. The van der Waals surface area contributed by atoms with Crippen LogP contribution in [0.4, 0.5) is 8.78 Å². The lowest BCUT2D eigenvalue weighted by atomic mass is 10.4. The van der Waals surface area contributed by atoms with Gasteiger partial charge in [-0.2, -0.15) is 8.78 Å². The molecule has 0 aliphatic rings. The van der Waals surface area contributed by atoms with E-state index in [2.05, 4.69) is 25.7 Å². The van der Waals surface area contributed by atoms with Gasteiger partial charge in [-0.3, -0.25) is 0 Å². The minimum atomic E-state index is -2.92. The van der Waals surface area contributed by atoms with Gasteiger partial charge in [0, 0.05) is 6.07 Å². The predicted molar refractivity (Wildman–Crippen MR) is 50.1 cm³/mol. The normalized spacial score (nSPS) is 10.4. The van der Waals surface area contributed by atoms with E-state index in [1.165, 1.54) is 13.2 Å². The molecule has 0 spiro atoms. The second-order valence-corrected chi connectivity index (χ2v) is 3.26. The van der Waals surface area contributed by atoms with Gasteiger partial charge < -0.3 is 9.47 Å². The molecular weight excluding hydrogens is 283 g/mol. The topological polar surface area (TPSA) is 31.4 Å². The SMILES string of the molecule is COc1cc(OC(F)F)c(Br)nc1Cl. The third-order valence-corrected chi connectivity index (χ3v) is 2.14. The standard InChI is InChI=1S/C7H5BrClF2NO2/c1-13-4-2-3(14-7(10)11)5(8)12-6(4)9/h2,7H,1H3. The maximum Gasteiger partial charge on any atom is 0.387 e. The van der Waals surface area contributed by atoms with Gasteiger partial charge in [0.1, 0.15) is 4.60 Å². The summed E-state index contributed by atoms with van der Waals surface area (Å²) in [6.07, 6.45) is 0. The molecule has 0 saturated heterocycles. The van der Waals surface area contributed by atoms with Gasteiger partial charge in [0.2, 0.25) is 0 Å². The Hall–Kier alpha value is -0.620. The third-order valence-electron chi connectivity index (χ3n) is 1.30. The third kappa shape index (κ3) is 2.68. The zero-order valence-electron chi connectivity index (χ0n) is 6.93. The van der Waals surface area contributed by atoms with E-state index in [4.69, 9.17) is 16.3 Å². The van der Waals surface area contributed by atoms with Crippen LogP contribution in [-0.2, 0) is 0 Å². The van der Waals surface area contributed by atoms with E-state index in [9.17, 15) is 8.78 Å². The highest BCUT2D eigenvalue weighted by molar-refractivity contribution is 9.10. The van der Waals surface area contributed by atoms with Crippen LogP contribution in [0.15, 0.2) is 10.7 Å². The Morgan fingerprint density at radius 2 is 2.14 bits per heavy atom. The first-order chi connectivity index (χ1) is 6.54. The Morgan fingerprint density at radius 3 is 2.64 bits per heavy atom. The fourth-order valence-electron chi connectivity index (χ4n) is 0.756. The second-order valence-electron chi connectivity index (χ2n) is 2.15. The minimum Gasteiger partial charge on any atom is -0.493 e. The molecule has 7 heteroatoms. The number of methoxy groups -OCH3 is 1. The number of alkyl halides is 2. The van der Waals surface area contributed by atoms with Crippen molar-refractivity contribution in [2.24, 2.45) is 0 Å². The molecule has 1 rings (SSSR count). The molecule has 0 atom stereocenters. The molecule has 78 valence electrons. The molecule has 1 aromatic heterocycles. The number of rotatable bonds is 3. The average Bonchev–Trinajstić information content (AvgIpc) is 2.09. The summed E-state index contributed by atoms with van der Waals surface area (Å²) >= 11 is 8.56. The zero-order valence-corrected chi connectivity index (χ0v) is 9.27. The summed E-state index contributed by atoms with van der Waals surface area (Å²) < 4.78 is 32.8. The molecule has 0 aromatic carbocycles. The van der Waals surface area contributed by atoms with Crippen LogP contribution in [-0.4, -0.2) is 18.7 Å². The van der Waals surface area contributed by atoms with Gasteiger partial charge in [-0.1, -0.05) is 11.6 Å². The van der Waals surface area contributed by atoms with Crippen LogP contribution in [0, 0.1) is 0 Å². The number of hydrogen-bond acceptors (Lipinski definition) is 3. The monoisotopic (exact) mass is 287 g/mol. The van der Waals surface area contributed by atoms with Crippen molar-refractivity contribution in [1.82, 2.24) is 4.98 Å². The molecule has 14 heavy (non-hydrogen) atoms. The van der Waals surface area contributed by atoms with Crippen molar-refractivity contribution in [1.29, 1.82) is 0 Å². The predicted octanol–water partition coefficient (Wildman–Crippen LogP) is 3.11. The van der Waals surface area contributed by atoms with Crippen LogP contribution >= 0.6 is 27.5 Å². The van der Waals surface area contributed by atoms with E-state index in [-0.39, 0.29) is 21.3 Å². The maximum absolute atomic E-state index is 11.9. The van der Waals surface area contributed by atoms with E-state index >= 15 is 0 Å². The second kappa shape index (κ2) is 4.75. The number of ether oxygens (including phenoxy) is 2. The van der Waals surface area contributed by atoms with Gasteiger partial charge in [-0.15, -0.1) is 0 Å². The number of pyridine rings is 1. The fraction of sp³-hybridized carbons (Fsp3) is 0.286. The van der Waals surface area contributed by atoms with Gasteiger partial charge in [-0.25, -0.2) is 4.98 Å². The highest BCUT2D eigenvalue weighted by Crippen LogP contribution is 2.33. The lowest BCUT2D eigenvalue weighted by Crippen LogP contribution is -2.03. The average molecular weight is 288 g/mol. The van der Waals surface area contributed by atoms with Crippen molar-refractivity contribution in [3.63, 3.8) is 0 Å². The van der Waals surface area contributed by atoms with Crippen molar-refractivity contribution in [2.75, 3.05) is 7.11 Å². The van der Waals surface area contributed by atoms with Crippen molar-refractivity contribution in [3.05, 3.63) is 15.8 Å². The molecule has 0 radical (unpaired) electrons. The van der Waals surface area contributed by atoms with E-state index in [0.717, 1.165) is 0 Å². The van der Waals surface area contributed by atoms with Crippen LogP contribution in [0.1, 0.15) is 0 Å². The highest BCUT2D eigenvalue weighted by Gasteiger charge is 2.13. The van der Waals surface area contributed by atoms with E-state index in [1.54, 1.807) is 0 Å². The molecule has 3 nitrogen and oxygen atoms in total. The van der Waals surface area contributed by atoms with Gasteiger partial charge in [-0.05, 0) is 15.9 Å². The van der Waals surface area contributed by atoms with Gasteiger partial charge in [0.05, 0.1) is 7.11 Å². The minimum absolute atomic E-state index is 0.0704. The number of halogens is 4. The first-order valence-electron chi connectivity index (χ1n) is 3.39. The maximum atomic E-state index is 11.9. The molecule has 0 aliphatic heterocycles. The van der Waals surface area contributed by atoms with Crippen molar-refractivity contribution in [2.45, 2.75) is 6.61 Å². The largest absolute Gasteiger partial charge is 0.493 e. The Morgan fingerprint density at radius 1 is 1.50 bits per heavy atom. The quantitative estimate of drug-likeness (QED) is 0.801. The van der Waals surface area contributed by atoms with Crippen LogP contribution in [0.3, 0.4) is 0 Å². The van der Waals surface area contributed by atoms with Crippen LogP contribution in [0.2, 0.25) is 5.15 Å². The van der Waals surface area contributed by atoms with E-state index in [0.29, 0.717) is 0 Å². The summed E-state index contributed by atoms with van der Waals surface area (Å²) in [5, 5.41) is 0.0704. The first kappa shape index (κ1) is 11.5. The summed E-state index contributed by atoms with van der Waals surface area (Å²) in [4.78, 5) is 3.70.